The fraction of sp³-hybridized carbons (Fsp3) is 0.462. The molecule has 2 aromatic heterocycles. The highest BCUT2D eigenvalue weighted by Gasteiger charge is 2.33. The fourth-order valence-electron chi connectivity index (χ4n) is 4.66. The highest BCUT2D eigenvalue weighted by molar-refractivity contribution is 7.99. The molecule has 0 fully saturated rings. The number of aromatic amines is 2. The van der Waals surface area contributed by atoms with E-state index in [1.165, 1.54) is 35.5 Å². The molecule has 2 unspecified atom stereocenters. The van der Waals surface area contributed by atoms with Crippen LogP contribution in [-0.4, -0.2) is 52.8 Å². The van der Waals surface area contributed by atoms with Gasteiger partial charge in [0.25, 0.3) is 0 Å². The number of hydrogen-bond donors (Lipinski definition) is 2. The monoisotopic (exact) mass is 490 g/mol. The number of aromatic nitrogens is 8. The Labute approximate surface area is 211 Å². The molecule has 0 radical (unpaired) electrons. The van der Waals surface area contributed by atoms with Gasteiger partial charge in [0.1, 0.15) is 0 Å². The third-order valence-electron chi connectivity index (χ3n) is 6.99. The van der Waals surface area contributed by atoms with Crippen molar-refractivity contribution in [3.63, 3.8) is 0 Å². The molecule has 2 aromatic carbocycles. The minimum atomic E-state index is -0.202. The number of nitrogens with zero attached hydrogens (tertiary/aromatic N) is 6. The number of rotatable bonds is 14. The van der Waals surface area contributed by atoms with Crippen LogP contribution >= 0.6 is 11.8 Å². The summed E-state index contributed by atoms with van der Waals surface area (Å²) in [6, 6.07) is 21.1. The standard InChI is InChI=1S/C26H34N8S/c1-25(23-27-31-32-28-23,21-13-5-3-6-14-21)17-9-11-19-35-20-12-10-18-26(2,24-29-33-34-30-24)22-15-7-4-8-16-22/h3-8,13-16H,9-12,17-20H2,1-2H3,(H,27,28,31,32)(H,29,30,33,34). The van der Waals surface area contributed by atoms with Gasteiger partial charge in [-0.15, -0.1) is 10.2 Å². The van der Waals surface area contributed by atoms with Gasteiger partial charge >= 0.3 is 0 Å². The van der Waals surface area contributed by atoms with Crippen molar-refractivity contribution in [1.29, 1.82) is 0 Å². The SMILES string of the molecule is CC(CCCCSCCCCC(C)(c1ccccc1)c1nnn[nH]1)(c1ccccc1)c1nnn[nH]1. The number of hydrogen-bond acceptors (Lipinski definition) is 7. The number of benzene rings is 2. The lowest BCUT2D eigenvalue weighted by molar-refractivity contribution is 0.466. The third kappa shape index (κ3) is 6.14. The lowest BCUT2D eigenvalue weighted by Gasteiger charge is -2.27. The van der Waals surface area contributed by atoms with Gasteiger partial charge in [-0.05, 0) is 83.0 Å². The molecular formula is C26H34N8S. The summed E-state index contributed by atoms with van der Waals surface area (Å²) in [6.45, 7) is 4.46. The van der Waals surface area contributed by atoms with Crippen LogP contribution in [0.4, 0.5) is 0 Å². The third-order valence-corrected chi connectivity index (χ3v) is 8.14. The minimum absolute atomic E-state index is 0.202. The molecule has 0 saturated heterocycles. The first kappa shape index (κ1) is 25.0. The van der Waals surface area contributed by atoms with E-state index in [1.807, 2.05) is 23.9 Å². The smallest absolute Gasteiger partial charge is 0.158 e. The second-order valence-electron chi connectivity index (χ2n) is 9.42. The van der Waals surface area contributed by atoms with Gasteiger partial charge in [-0.1, -0.05) is 73.5 Å². The molecule has 2 N–H and O–H groups in total. The second kappa shape index (κ2) is 12.1. The molecule has 2 atom stereocenters. The van der Waals surface area contributed by atoms with E-state index in [4.69, 9.17) is 0 Å². The quantitative estimate of drug-likeness (QED) is 0.237. The van der Waals surface area contributed by atoms with Crippen LogP contribution in [0.2, 0.25) is 0 Å². The van der Waals surface area contributed by atoms with Crippen molar-refractivity contribution in [2.75, 3.05) is 11.5 Å². The van der Waals surface area contributed by atoms with E-state index in [0.29, 0.717) is 0 Å². The number of H-pyrrole nitrogens is 2. The van der Waals surface area contributed by atoms with Gasteiger partial charge in [0, 0.05) is 0 Å². The van der Waals surface area contributed by atoms with E-state index in [2.05, 4.69) is 104 Å². The van der Waals surface area contributed by atoms with E-state index >= 15 is 0 Å². The van der Waals surface area contributed by atoms with Crippen molar-refractivity contribution >= 4 is 11.8 Å². The van der Waals surface area contributed by atoms with E-state index in [-0.39, 0.29) is 10.8 Å². The summed E-state index contributed by atoms with van der Waals surface area (Å²) in [5.41, 5.74) is 2.09. The first-order chi connectivity index (χ1) is 17.1. The molecule has 0 spiro atoms. The van der Waals surface area contributed by atoms with Crippen molar-refractivity contribution in [1.82, 2.24) is 41.2 Å². The van der Waals surface area contributed by atoms with E-state index in [0.717, 1.165) is 37.3 Å². The summed E-state index contributed by atoms with van der Waals surface area (Å²) >= 11 is 2.04. The summed E-state index contributed by atoms with van der Waals surface area (Å²) in [6.07, 6.45) is 6.64. The van der Waals surface area contributed by atoms with E-state index in [9.17, 15) is 0 Å². The Morgan fingerprint density at radius 1 is 0.629 bits per heavy atom. The second-order valence-corrected chi connectivity index (χ2v) is 10.6. The van der Waals surface area contributed by atoms with Crippen molar-refractivity contribution in [2.45, 2.75) is 63.2 Å². The fourth-order valence-corrected chi connectivity index (χ4v) is 5.68. The Balaban J connectivity index is 1.19. The average Bonchev–Trinajstić information content (AvgIpc) is 3.64. The van der Waals surface area contributed by atoms with Crippen molar-refractivity contribution in [3.8, 4) is 0 Å². The molecule has 0 saturated carbocycles. The Morgan fingerprint density at radius 3 is 1.43 bits per heavy atom. The van der Waals surface area contributed by atoms with Gasteiger partial charge in [-0.3, -0.25) is 0 Å². The molecule has 0 aliphatic carbocycles. The van der Waals surface area contributed by atoms with Crippen LogP contribution < -0.4 is 0 Å². The zero-order valence-electron chi connectivity index (χ0n) is 20.5. The Morgan fingerprint density at radius 2 is 1.06 bits per heavy atom. The average molecular weight is 491 g/mol. The number of unbranched alkanes of at least 4 members (excludes halogenated alkanes) is 2. The Hall–Kier alpha value is -3.07. The van der Waals surface area contributed by atoms with Crippen LogP contribution in [-0.2, 0) is 10.8 Å². The Kier molecular flexibility index (Phi) is 8.63. The molecule has 0 amide bonds. The molecule has 184 valence electrons. The van der Waals surface area contributed by atoms with E-state index < -0.39 is 0 Å². The molecule has 4 aromatic rings. The van der Waals surface area contributed by atoms with Gasteiger partial charge in [0.2, 0.25) is 0 Å². The normalized spacial score (nSPS) is 14.9. The maximum Gasteiger partial charge on any atom is 0.158 e. The van der Waals surface area contributed by atoms with Crippen LogP contribution in [0.15, 0.2) is 60.7 Å². The molecule has 2 heterocycles. The molecule has 35 heavy (non-hydrogen) atoms. The zero-order valence-corrected chi connectivity index (χ0v) is 21.3. The minimum Gasteiger partial charge on any atom is -0.242 e. The van der Waals surface area contributed by atoms with Crippen LogP contribution in [0.25, 0.3) is 0 Å². The number of tetrazole rings is 2. The maximum absolute atomic E-state index is 4.24. The van der Waals surface area contributed by atoms with Crippen molar-refractivity contribution < 1.29 is 0 Å². The summed E-state index contributed by atoms with van der Waals surface area (Å²) < 4.78 is 0. The Bertz CT molecular complexity index is 1020. The largest absolute Gasteiger partial charge is 0.242 e. The summed E-state index contributed by atoms with van der Waals surface area (Å²) in [5, 5.41) is 29.7. The van der Waals surface area contributed by atoms with Gasteiger partial charge in [-0.2, -0.15) is 11.8 Å². The molecular weight excluding hydrogens is 456 g/mol. The zero-order chi connectivity index (χ0) is 24.4. The van der Waals surface area contributed by atoms with Gasteiger partial charge < -0.3 is 0 Å². The van der Waals surface area contributed by atoms with E-state index in [1.54, 1.807) is 0 Å². The van der Waals surface area contributed by atoms with Gasteiger partial charge in [0.05, 0.1) is 10.8 Å². The molecule has 8 nitrogen and oxygen atoms in total. The topological polar surface area (TPSA) is 109 Å². The lowest BCUT2D eigenvalue weighted by Crippen LogP contribution is -2.25. The number of nitrogens with one attached hydrogen (secondary N) is 2. The number of thioether (sulfide) groups is 1. The van der Waals surface area contributed by atoms with Crippen molar-refractivity contribution in [3.05, 3.63) is 83.4 Å². The summed E-state index contributed by atoms with van der Waals surface area (Å²) in [7, 11) is 0. The van der Waals surface area contributed by atoms with Crippen LogP contribution in [0, 0.1) is 0 Å². The molecule has 0 aliphatic heterocycles. The summed E-state index contributed by atoms with van der Waals surface area (Å²) in [5.74, 6) is 4.00. The maximum atomic E-state index is 4.24. The predicted octanol–water partition coefficient (Wildman–Crippen LogP) is 5.10. The van der Waals surface area contributed by atoms with Gasteiger partial charge in [-0.25, -0.2) is 10.2 Å². The molecule has 9 heteroatoms. The lowest BCUT2D eigenvalue weighted by atomic mass is 9.77. The highest BCUT2D eigenvalue weighted by Crippen LogP contribution is 2.35. The summed E-state index contributed by atoms with van der Waals surface area (Å²) in [4.78, 5) is 0. The molecule has 0 aliphatic rings. The first-order valence-corrected chi connectivity index (χ1v) is 13.5. The van der Waals surface area contributed by atoms with Crippen molar-refractivity contribution in [2.24, 2.45) is 0 Å². The highest BCUT2D eigenvalue weighted by atomic mass is 32.2. The van der Waals surface area contributed by atoms with Crippen LogP contribution in [0.5, 0.6) is 0 Å². The molecule has 0 bridgehead atoms. The predicted molar refractivity (Wildman–Crippen MR) is 139 cm³/mol. The van der Waals surface area contributed by atoms with Crippen LogP contribution in [0.3, 0.4) is 0 Å². The molecule has 4 rings (SSSR count). The van der Waals surface area contributed by atoms with Crippen LogP contribution in [0.1, 0.15) is 75.1 Å². The van der Waals surface area contributed by atoms with Gasteiger partial charge in [0.15, 0.2) is 11.6 Å². The first-order valence-electron chi connectivity index (χ1n) is 12.3.